The molecule has 1 atom stereocenters. The largest absolute Gasteiger partial charge is 0.477 e. The van der Waals surface area contributed by atoms with Gasteiger partial charge in [0.25, 0.3) is 0 Å². The molecule has 0 spiro atoms. The Bertz CT molecular complexity index is 459. The number of amides is 2. The molecule has 0 aliphatic rings. The lowest BCUT2D eigenvalue weighted by Gasteiger charge is -2.13. The second-order valence-electron chi connectivity index (χ2n) is 4.21. The zero-order chi connectivity index (χ0) is 14.4. The summed E-state index contributed by atoms with van der Waals surface area (Å²) in [5.41, 5.74) is 0.948. The molecule has 2 amide bonds. The highest BCUT2D eigenvalue weighted by molar-refractivity contribution is 7.99. The Hall–Kier alpha value is -1.63. The van der Waals surface area contributed by atoms with Crippen LogP contribution in [0.1, 0.15) is 30.0 Å². The minimum absolute atomic E-state index is 0.0109. The molecule has 0 bridgehead atoms. The van der Waals surface area contributed by atoms with Gasteiger partial charge < -0.3 is 20.7 Å². The van der Waals surface area contributed by atoms with Gasteiger partial charge in [0.2, 0.25) is 0 Å². The highest BCUT2D eigenvalue weighted by Crippen LogP contribution is 2.16. The van der Waals surface area contributed by atoms with Gasteiger partial charge in [-0.2, -0.15) is 11.8 Å². The quantitative estimate of drug-likeness (QED) is 0.645. The third-order valence-corrected chi connectivity index (χ3v) is 3.51. The van der Waals surface area contributed by atoms with Crippen molar-refractivity contribution in [2.24, 2.45) is 0 Å². The molecule has 0 fully saturated rings. The number of carbonyl (C=O) groups is 2. The van der Waals surface area contributed by atoms with E-state index in [1.807, 2.05) is 6.92 Å². The molecule has 0 aliphatic heterocycles. The zero-order valence-corrected chi connectivity index (χ0v) is 12.1. The molecule has 7 heteroatoms. The molecule has 106 valence electrons. The van der Waals surface area contributed by atoms with Crippen LogP contribution in [0.25, 0.3) is 0 Å². The lowest BCUT2D eigenvalue weighted by atomic mass is 10.3. The molecule has 4 N–H and O–H groups in total. The molecule has 19 heavy (non-hydrogen) atoms. The summed E-state index contributed by atoms with van der Waals surface area (Å²) < 4.78 is 0. The van der Waals surface area contributed by atoms with Crippen molar-refractivity contribution in [1.82, 2.24) is 10.3 Å². The van der Waals surface area contributed by atoms with Gasteiger partial charge in [-0.3, -0.25) is 0 Å². The van der Waals surface area contributed by atoms with Crippen LogP contribution < -0.4 is 10.6 Å². The summed E-state index contributed by atoms with van der Waals surface area (Å²) in [6, 6.07) is 1.22. The number of anilines is 1. The first-order chi connectivity index (χ1) is 8.93. The monoisotopic (exact) mass is 285 g/mol. The van der Waals surface area contributed by atoms with Crippen LogP contribution in [0.2, 0.25) is 0 Å². The van der Waals surface area contributed by atoms with E-state index in [4.69, 9.17) is 5.11 Å². The van der Waals surface area contributed by atoms with Crippen LogP contribution in [0.3, 0.4) is 0 Å². The molecule has 0 aliphatic carbocycles. The van der Waals surface area contributed by atoms with Crippen LogP contribution in [0.4, 0.5) is 10.5 Å². The average molecular weight is 285 g/mol. The van der Waals surface area contributed by atoms with Gasteiger partial charge in [0.1, 0.15) is 5.69 Å². The van der Waals surface area contributed by atoms with Crippen molar-refractivity contribution in [3.63, 3.8) is 0 Å². The molecule has 0 saturated heterocycles. The number of nitrogens with one attached hydrogen (secondary N) is 3. The molecular formula is C12H19N3O3S. The zero-order valence-electron chi connectivity index (χ0n) is 11.2. The van der Waals surface area contributed by atoms with Gasteiger partial charge in [-0.05, 0) is 25.7 Å². The highest BCUT2D eigenvalue weighted by Gasteiger charge is 2.16. The van der Waals surface area contributed by atoms with Crippen LogP contribution in [-0.4, -0.2) is 39.6 Å². The summed E-state index contributed by atoms with van der Waals surface area (Å²) in [5, 5.41) is 14.3. The molecule has 0 saturated carbocycles. The Morgan fingerprint density at radius 3 is 2.79 bits per heavy atom. The molecule has 1 heterocycles. The number of aromatic amines is 1. The summed E-state index contributed by atoms with van der Waals surface area (Å²) in [7, 11) is 0. The SMILES string of the molecule is CCSCC(C)NC(=O)Nc1cc(C)[nH]c1C(=O)O. The highest BCUT2D eigenvalue weighted by atomic mass is 32.2. The first-order valence-electron chi connectivity index (χ1n) is 6.02. The number of H-pyrrole nitrogens is 1. The summed E-state index contributed by atoms with van der Waals surface area (Å²) in [6.45, 7) is 5.69. The molecule has 1 rings (SSSR count). The second-order valence-corrected chi connectivity index (χ2v) is 5.52. The number of urea groups is 1. The Morgan fingerprint density at radius 1 is 1.53 bits per heavy atom. The predicted molar refractivity (Wildman–Crippen MR) is 77.1 cm³/mol. The average Bonchev–Trinajstić information content (AvgIpc) is 2.67. The van der Waals surface area contributed by atoms with Gasteiger partial charge in [0, 0.05) is 17.5 Å². The topological polar surface area (TPSA) is 94.2 Å². The first-order valence-corrected chi connectivity index (χ1v) is 7.17. The van der Waals surface area contributed by atoms with E-state index in [0.717, 1.165) is 11.5 Å². The Labute approximate surface area is 116 Å². The number of hydrogen-bond acceptors (Lipinski definition) is 3. The number of hydrogen-bond donors (Lipinski definition) is 4. The number of rotatable bonds is 6. The van der Waals surface area contributed by atoms with E-state index in [-0.39, 0.29) is 17.4 Å². The number of aromatic nitrogens is 1. The van der Waals surface area contributed by atoms with E-state index in [9.17, 15) is 9.59 Å². The molecule has 1 unspecified atom stereocenters. The van der Waals surface area contributed by atoms with Gasteiger partial charge in [-0.25, -0.2) is 9.59 Å². The van der Waals surface area contributed by atoms with Crippen molar-refractivity contribution in [3.05, 3.63) is 17.5 Å². The van der Waals surface area contributed by atoms with Crippen molar-refractivity contribution in [2.45, 2.75) is 26.8 Å². The predicted octanol–water partition coefficient (Wildman–Crippen LogP) is 2.28. The van der Waals surface area contributed by atoms with E-state index in [0.29, 0.717) is 5.69 Å². The van der Waals surface area contributed by atoms with Crippen LogP contribution >= 0.6 is 11.8 Å². The van der Waals surface area contributed by atoms with Crippen LogP contribution in [0.5, 0.6) is 0 Å². The lowest BCUT2D eigenvalue weighted by molar-refractivity contribution is 0.0692. The maximum Gasteiger partial charge on any atom is 0.354 e. The van der Waals surface area contributed by atoms with E-state index < -0.39 is 12.0 Å². The number of carbonyl (C=O) groups excluding carboxylic acids is 1. The van der Waals surface area contributed by atoms with Gasteiger partial charge in [0.05, 0.1) is 5.69 Å². The second kappa shape index (κ2) is 7.08. The number of aryl methyl sites for hydroxylation is 1. The van der Waals surface area contributed by atoms with Crippen molar-refractivity contribution >= 4 is 29.4 Å². The lowest BCUT2D eigenvalue weighted by Crippen LogP contribution is -2.37. The molecule has 0 aromatic carbocycles. The van der Waals surface area contributed by atoms with Crippen molar-refractivity contribution in [3.8, 4) is 0 Å². The smallest absolute Gasteiger partial charge is 0.354 e. The Morgan fingerprint density at radius 2 is 2.21 bits per heavy atom. The third kappa shape index (κ3) is 4.86. The van der Waals surface area contributed by atoms with E-state index >= 15 is 0 Å². The van der Waals surface area contributed by atoms with Gasteiger partial charge in [-0.1, -0.05) is 6.92 Å². The summed E-state index contributed by atoms with van der Waals surface area (Å²) in [6.07, 6.45) is 0. The van der Waals surface area contributed by atoms with Crippen LogP contribution in [0.15, 0.2) is 6.07 Å². The number of carboxylic acids is 1. The fourth-order valence-corrected chi connectivity index (χ4v) is 2.25. The minimum atomic E-state index is -1.10. The van der Waals surface area contributed by atoms with Crippen molar-refractivity contribution in [1.29, 1.82) is 0 Å². The number of thioether (sulfide) groups is 1. The van der Waals surface area contributed by atoms with E-state index in [1.54, 1.807) is 24.8 Å². The molecule has 6 nitrogen and oxygen atoms in total. The summed E-state index contributed by atoms with van der Waals surface area (Å²) >= 11 is 1.73. The molecular weight excluding hydrogens is 266 g/mol. The third-order valence-electron chi connectivity index (χ3n) is 2.36. The fraction of sp³-hybridized carbons (Fsp3) is 0.500. The Kier molecular flexibility index (Phi) is 5.75. The minimum Gasteiger partial charge on any atom is -0.477 e. The standard InChI is InChI=1S/C12H19N3O3S/c1-4-19-6-8(3)14-12(18)15-9-5-7(2)13-10(9)11(16)17/h5,8,13H,4,6H2,1-3H3,(H,16,17)(H2,14,15,18). The van der Waals surface area contributed by atoms with Crippen molar-refractivity contribution in [2.75, 3.05) is 16.8 Å². The fourth-order valence-electron chi connectivity index (χ4n) is 1.58. The number of aromatic carboxylic acids is 1. The van der Waals surface area contributed by atoms with Crippen LogP contribution in [-0.2, 0) is 0 Å². The van der Waals surface area contributed by atoms with Gasteiger partial charge in [-0.15, -0.1) is 0 Å². The summed E-state index contributed by atoms with van der Waals surface area (Å²) in [4.78, 5) is 25.4. The molecule has 1 aromatic heterocycles. The maximum atomic E-state index is 11.7. The van der Waals surface area contributed by atoms with Crippen LogP contribution in [0, 0.1) is 6.92 Å². The number of carboxylic acid groups (broad SMARTS) is 1. The van der Waals surface area contributed by atoms with Gasteiger partial charge in [0.15, 0.2) is 0 Å². The molecule has 1 aromatic rings. The Balaban J connectivity index is 2.59. The first kappa shape index (κ1) is 15.4. The van der Waals surface area contributed by atoms with E-state index in [2.05, 4.69) is 22.5 Å². The normalized spacial score (nSPS) is 11.9. The van der Waals surface area contributed by atoms with E-state index in [1.165, 1.54) is 0 Å². The maximum absolute atomic E-state index is 11.7. The van der Waals surface area contributed by atoms with Gasteiger partial charge >= 0.3 is 12.0 Å². The molecule has 0 radical (unpaired) electrons. The summed E-state index contributed by atoms with van der Waals surface area (Å²) in [5.74, 6) is 0.716. The van der Waals surface area contributed by atoms with Crippen molar-refractivity contribution < 1.29 is 14.7 Å².